The summed E-state index contributed by atoms with van der Waals surface area (Å²) in [6.07, 6.45) is 0. The number of thiophene rings is 1. The van der Waals surface area contributed by atoms with Gasteiger partial charge in [-0.1, -0.05) is 0 Å². The molecule has 1 heteroatoms. The Hall–Kier alpha value is -0.300. The van der Waals surface area contributed by atoms with Crippen molar-refractivity contribution in [2.45, 2.75) is 6.92 Å². The second kappa shape index (κ2) is 1.43. The monoisotopic (exact) mass is 97.0 g/mol. The van der Waals surface area contributed by atoms with Crippen molar-refractivity contribution in [1.29, 1.82) is 0 Å². The molecule has 1 rings (SSSR count). The van der Waals surface area contributed by atoms with Crippen LogP contribution in [0.15, 0.2) is 10.8 Å². The highest BCUT2D eigenvalue weighted by molar-refractivity contribution is 7.07. The van der Waals surface area contributed by atoms with E-state index in [9.17, 15) is 0 Å². The number of hydrogen-bond acceptors (Lipinski definition) is 1. The maximum absolute atomic E-state index is 3.02. The van der Waals surface area contributed by atoms with Crippen LogP contribution in [0.5, 0.6) is 0 Å². The molecule has 0 aliphatic carbocycles. The number of aryl methyl sites for hydroxylation is 1. The summed E-state index contributed by atoms with van der Waals surface area (Å²) < 4.78 is 0. The van der Waals surface area contributed by atoms with E-state index in [1.807, 2.05) is 12.3 Å². The van der Waals surface area contributed by atoms with Crippen molar-refractivity contribution in [2.24, 2.45) is 0 Å². The Morgan fingerprint density at radius 3 is 2.83 bits per heavy atom. The van der Waals surface area contributed by atoms with Crippen LogP contribution in [0.2, 0.25) is 0 Å². The van der Waals surface area contributed by atoms with Gasteiger partial charge in [0.05, 0.1) is 0 Å². The molecule has 0 aliphatic heterocycles. The van der Waals surface area contributed by atoms with Crippen LogP contribution < -0.4 is 0 Å². The van der Waals surface area contributed by atoms with Crippen LogP contribution in [0.3, 0.4) is 0 Å². The normalized spacial score (nSPS) is 8.83. The van der Waals surface area contributed by atoms with E-state index in [0.29, 0.717) is 0 Å². The van der Waals surface area contributed by atoms with E-state index >= 15 is 0 Å². The molecule has 0 saturated heterocycles. The molecule has 1 aromatic heterocycles. The van der Waals surface area contributed by atoms with Crippen LogP contribution in [0, 0.1) is 13.0 Å². The van der Waals surface area contributed by atoms with Crippen LogP contribution in [0.25, 0.3) is 0 Å². The largest absolute Gasteiger partial charge is 0.151 e. The fourth-order valence-electron chi connectivity index (χ4n) is 0.297. The maximum Gasteiger partial charge on any atom is -0.00116 e. The van der Waals surface area contributed by atoms with Crippen LogP contribution in [-0.4, -0.2) is 0 Å². The first-order valence-electron chi connectivity index (χ1n) is 1.80. The molecule has 0 aromatic carbocycles. The van der Waals surface area contributed by atoms with Crippen LogP contribution in [-0.2, 0) is 0 Å². The summed E-state index contributed by atoms with van der Waals surface area (Å²) in [5.74, 6) is 0. The van der Waals surface area contributed by atoms with Crippen molar-refractivity contribution in [1.82, 2.24) is 0 Å². The van der Waals surface area contributed by atoms with Gasteiger partial charge in [0.1, 0.15) is 0 Å². The zero-order chi connectivity index (χ0) is 4.41. The van der Waals surface area contributed by atoms with Gasteiger partial charge < -0.3 is 0 Å². The number of hydrogen-bond donors (Lipinski definition) is 0. The Balaban J connectivity index is 3.05. The van der Waals surface area contributed by atoms with E-state index in [-0.39, 0.29) is 0 Å². The van der Waals surface area contributed by atoms with Gasteiger partial charge in [-0.05, 0) is 29.3 Å². The molecule has 6 heavy (non-hydrogen) atoms. The van der Waals surface area contributed by atoms with Gasteiger partial charge in [-0.3, -0.25) is 0 Å². The molecule has 0 unspecified atom stereocenters. The van der Waals surface area contributed by atoms with Gasteiger partial charge in [0, 0.05) is 0 Å². The van der Waals surface area contributed by atoms with Gasteiger partial charge >= 0.3 is 0 Å². The summed E-state index contributed by atoms with van der Waals surface area (Å²) in [5, 5.41) is 4.02. The van der Waals surface area contributed by atoms with Crippen molar-refractivity contribution in [3.8, 4) is 0 Å². The first kappa shape index (κ1) is 3.88. The minimum Gasteiger partial charge on any atom is -0.151 e. The Kier molecular flexibility index (Phi) is 0.926. The molecule has 0 bridgehead atoms. The summed E-state index contributed by atoms with van der Waals surface area (Å²) in [6.45, 7) is 2.04. The van der Waals surface area contributed by atoms with Crippen molar-refractivity contribution in [3.05, 3.63) is 22.4 Å². The lowest BCUT2D eigenvalue weighted by Crippen LogP contribution is -1.49. The average Bonchev–Trinajstić information content (AvgIpc) is 1.86. The lowest BCUT2D eigenvalue weighted by molar-refractivity contribution is 1.55. The zero-order valence-corrected chi connectivity index (χ0v) is 4.38. The third kappa shape index (κ3) is 0.601. The highest BCUT2D eigenvalue weighted by Gasteiger charge is 1.75. The SMILES string of the molecule is Cc1[c]csc1. The van der Waals surface area contributed by atoms with E-state index in [0.717, 1.165) is 0 Å². The molecule has 0 nitrogen and oxygen atoms in total. The van der Waals surface area contributed by atoms with Gasteiger partial charge in [0.25, 0.3) is 0 Å². The van der Waals surface area contributed by atoms with Crippen LogP contribution >= 0.6 is 11.3 Å². The molecule has 0 N–H and O–H groups in total. The van der Waals surface area contributed by atoms with E-state index < -0.39 is 0 Å². The second-order valence-electron chi connectivity index (χ2n) is 1.20. The summed E-state index contributed by atoms with van der Waals surface area (Å²) >= 11 is 1.68. The van der Waals surface area contributed by atoms with E-state index in [2.05, 4.69) is 11.4 Å². The van der Waals surface area contributed by atoms with Crippen molar-refractivity contribution >= 4 is 11.3 Å². The lowest BCUT2D eigenvalue weighted by atomic mass is 10.4. The van der Waals surface area contributed by atoms with E-state index in [1.165, 1.54) is 5.56 Å². The van der Waals surface area contributed by atoms with Gasteiger partial charge in [0.2, 0.25) is 0 Å². The third-order valence-corrected chi connectivity index (χ3v) is 1.34. The second-order valence-corrected chi connectivity index (χ2v) is 1.94. The Bertz CT molecular complexity index is 107. The first-order valence-corrected chi connectivity index (χ1v) is 2.74. The minimum atomic E-state index is 1.24. The molecule has 0 fully saturated rings. The molecule has 0 saturated carbocycles. The number of rotatable bonds is 0. The molecule has 1 heterocycles. The molecule has 0 atom stereocenters. The highest BCUT2D eigenvalue weighted by atomic mass is 32.1. The standard InChI is InChI=1S/C5H5S/c1-5-2-3-6-4-5/h3-4H,1H3. The highest BCUT2D eigenvalue weighted by Crippen LogP contribution is 2.00. The molecular weight excluding hydrogens is 92.1 g/mol. The van der Waals surface area contributed by atoms with Crippen molar-refractivity contribution < 1.29 is 0 Å². The van der Waals surface area contributed by atoms with E-state index in [4.69, 9.17) is 0 Å². The fourth-order valence-corrected chi connectivity index (χ4v) is 0.891. The first-order chi connectivity index (χ1) is 2.89. The van der Waals surface area contributed by atoms with Crippen molar-refractivity contribution in [3.63, 3.8) is 0 Å². The maximum atomic E-state index is 3.02. The average molecular weight is 97.2 g/mol. The molecular formula is C5H5S. The summed E-state index contributed by atoms with van der Waals surface area (Å²) in [5.41, 5.74) is 1.24. The van der Waals surface area contributed by atoms with Crippen LogP contribution in [0.4, 0.5) is 0 Å². The van der Waals surface area contributed by atoms with Gasteiger partial charge in [-0.25, -0.2) is 0 Å². The van der Waals surface area contributed by atoms with Gasteiger partial charge in [-0.2, -0.15) is 11.3 Å². The van der Waals surface area contributed by atoms with Crippen molar-refractivity contribution in [2.75, 3.05) is 0 Å². The fraction of sp³-hybridized carbons (Fsp3) is 0.200. The Morgan fingerprint density at radius 2 is 2.67 bits per heavy atom. The molecule has 0 spiro atoms. The molecule has 1 aromatic rings. The molecule has 0 amide bonds. The summed E-state index contributed by atoms with van der Waals surface area (Å²) in [6, 6.07) is 3.02. The Morgan fingerprint density at radius 1 is 1.83 bits per heavy atom. The molecule has 31 valence electrons. The van der Waals surface area contributed by atoms with E-state index in [1.54, 1.807) is 11.3 Å². The van der Waals surface area contributed by atoms with Gasteiger partial charge in [-0.15, -0.1) is 0 Å². The third-order valence-electron chi connectivity index (χ3n) is 0.599. The van der Waals surface area contributed by atoms with Crippen LogP contribution in [0.1, 0.15) is 5.56 Å². The zero-order valence-electron chi connectivity index (χ0n) is 3.56. The smallest absolute Gasteiger partial charge is 0.00116 e. The molecule has 0 aliphatic rings. The summed E-state index contributed by atoms with van der Waals surface area (Å²) in [4.78, 5) is 0. The minimum absolute atomic E-state index is 1.24. The Labute approximate surface area is 41.4 Å². The lowest BCUT2D eigenvalue weighted by Gasteiger charge is -1.64. The predicted octanol–water partition coefficient (Wildman–Crippen LogP) is 1.86. The molecule has 1 radical (unpaired) electrons. The van der Waals surface area contributed by atoms with Gasteiger partial charge in [0.15, 0.2) is 0 Å². The summed E-state index contributed by atoms with van der Waals surface area (Å²) in [7, 11) is 0. The predicted molar refractivity (Wildman–Crippen MR) is 27.9 cm³/mol. The quantitative estimate of drug-likeness (QED) is 0.463. The topological polar surface area (TPSA) is 0 Å².